The van der Waals surface area contributed by atoms with Crippen molar-refractivity contribution >= 4 is 23.1 Å². The van der Waals surface area contributed by atoms with Gasteiger partial charge in [-0.3, -0.25) is 4.79 Å². The maximum absolute atomic E-state index is 12.5. The van der Waals surface area contributed by atoms with Crippen LogP contribution in [0.5, 0.6) is 0 Å². The molecule has 2 aromatic carbocycles. The van der Waals surface area contributed by atoms with Gasteiger partial charge in [0.1, 0.15) is 0 Å². The Morgan fingerprint density at radius 1 is 1.16 bits per heavy atom. The Morgan fingerprint density at radius 2 is 1.84 bits per heavy atom. The number of halogens is 1. The maximum Gasteiger partial charge on any atom is 0.195 e. The number of hydrogen-bond acceptors (Lipinski definition) is 2. The van der Waals surface area contributed by atoms with E-state index in [1.807, 2.05) is 12.1 Å². The van der Waals surface area contributed by atoms with Gasteiger partial charge in [-0.15, -0.1) is 0 Å². The third kappa shape index (κ3) is 2.79. The van der Waals surface area contributed by atoms with E-state index in [2.05, 4.69) is 13.8 Å². The van der Waals surface area contributed by atoms with Gasteiger partial charge in [-0.25, -0.2) is 0 Å². The molecule has 2 N–H and O–H groups in total. The average Bonchev–Trinajstić information content (AvgIpc) is 2.38. The van der Waals surface area contributed by atoms with E-state index in [0.717, 1.165) is 5.56 Å². The third-order valence-electron chi connectivity index (χ3n) is 3.09. The quantitative estimate of drug-likeness (QED) is 0.670. The molecule has 0 radical (unpaired) electrons. The molecule has 0 aliphatic carbocycles. The summed E-state index contributed by atoms with van der Waals surface area (Å²) in [6.45, 7) is 4.11. The number of para-hydroxylation sites is 1. The first-order chi connectivity index (χ1) is 9.00. The Balaban J connectivity index is 2.48. The highest BCUT2D eigenvalue weighted by Crippen LogP contribution is 2.27. The van der Waals surface area contributed by atoms with Gasteiger partial charge in [0, 0.05) is 21.8 Å². The summed E-state index contributed by atoms with van der Waals surface area (Å²) in [5, 5.41) is 0.546. The van der Waals surface area contributed by atoms with Crippen LogP contribution in [0, 0.1) is 0 Å². The predicted molar refractivity (Wildman–Crippen MR) is 79.8 cm³/mol. The lowest BCUT2D eigenvalue weighted by molar-refractivity contribution is 0.103. The molecule has 0 heterocycles. The van der Waals surface area contributed by atoms with Gasteiger partial charge < -0.3 is 5.73 Å². The SMILES string of the molecule is CC(C)c1cccc(C(=O)c2cccc(Cl)c2)c1N. The number of nitrogen functional groups attached to an aromatic ring is 1. The van der Waals surface area contributed by atoms with Gasteiger partial charge in [0.25, 0.3) is 0 Å². The molecule has 2 rings (SSSR count). The number of carbonyl (C=O) groups excluding carboxylic acids is 1. The van der Waals surface area contributed by atoms with Crippen LogP contribution >= 0.6 is 11.6 Å². The van der Waals surface area contributed by atoms with Crippen LogP contribution in [-0.4, -0.2) is 5.78 Å². The van der Waals surface area contributed by atoms with E-state index in [1.54, 1.807) is 30.3 Å². The van der Waals surface area contributed by atoms with E-state index in [4.69, 9.17) is 17.3 Å². The molecule has 0 amide bonds. The van der Waals surface area contributed by atoms with Gasteiger partial charge in [-0.05, 0) is 29.7 Å². The number of hydrogen-bond donors (Lipinski definition) is 1. The fourth-order valence-corrected chi connectivity index (χ4v) is 2.26. The minimum Gasteiger partial charge on any atom is -0.398 e. The highest BCUT2D eigenvalue weighted by atomic mass is 35.5. The van der Waals surface area contributed by atoms with Gasteiger partial charge in [-0.1, -0.05) is 49.7 Å². The fraction of sp³-hybridized carbons (Fsp3) is 0.188. The Hall–Kier alpha value is -1.80. The van der Waals surface area contributed by atoms with Crippen LogP contribution < -0.4 is 5.73 Å². The molecule has 3 heteroatoms. The summed E-state index contributed by atoms with van der Waals surface area (Å²) in [4.78, 5) is 12.5. The van der Waals surface area contributed by atoms with Crippen molar-refractivity contribution in [2.75, 3.05) is 5.73 Å². The summed E-state index contributed by atoms with van der Waals surface area (Å²) < 4.78 is 0. The number of anilines is 1. The maximum atomic E-state index is 12.5. The summed E-state index contributed by atoms with van der Waals surface area (Å²) in [5.41, 5.74) is 8.75. The van der Waals surface area contributed by atoms with E-state index < -0.39 is 0 Å². The van der Waals surface area contributed by atoms with Gasteiger partial charge in [-0.2, -0.15) is 0 Å². The molecule has 0 aromatic heterocycles. The van der Waals surface area contributed by atoms with E-state index in [9.17, 15) is 4.79 Å². The van der Waals surface area contributed by atoms with Crippen molar-refractivity contribution in [2.24, 2.45) is 0 Å². The van der Waals surface area contributed by atoms with Crippen molar-refractivity contribution in [1.29, 1.82) is 0 Å². The largest absolute Gasteiger partial charge is 0.398 e. The molecule has 0 aliphatic rings. The molecule has 19 heavy (non-hydrogen) atoms. The average molecular weight is 274 g/mol. The molecule has 2 nitrogen and oxygen atoms in total. The summed E-state index contributed by atoms with van der Waals surface area (Å²) in [6.07, 6.45) is 0. The zero-order valence-corrected chi connectivity index (χ0v) is 11.7. The molecular weight excluding hydrogens is 258 g/mol. The molecule has 0 saturated heterocycles. The van der Waals surface area contributed by atoms with Crippen molar-refractivity contribution in [3.63, 3.8) is 0 Å². The monoisotopic (exact) mass is 273 g/mol. The van der Waals surface area contributed by atoms with Gasteiger partial charge in [0.05, 0.1) is 0 Å². The Labute approximate surface area is 118 Å². The molecular formula is C16H16ClNO. The first-order valence-corrected chi connectivity index (χ1v) is 6.57. The van der Waals surface area contributed by atoms with Crippen molar-refractivity contribution in [3.05, 3.63) is 64.2 Å². The first kappa shape index (κ1) is 13.6. The van der Waals surface area contributed by atoms with Crippen LogP contribution in [0.1, 0.15) is 41.3 Å². The van der Waals surface area contributed by atoms with E-state index in [-0.39, 0.29) is 11.7 Å². The zero-order chi connectivity index (χ0) is 14.0. The number of rotatable bonds is 3. The molecule has 0 saturated carbocycles. The highest BCUT2D eigenvalue weighted by Gasteiger charge is 2.15. The number of nitrogens with two attached hydrogens (primary N) is 1. The molecule has 0 bridgehead atoms. The first-order valence-electron chi connectivity index (χ1n) is 6.19. The second-order valence-corrected chi connectivity index (χ2v) is 5.24. The second-order valence-electron chi connectivity index (χ2n) is 4.80. The highest BCUT2D eigenvalue weighted by molar-refractivity contribution is 6.31. The Bertz CT molecular complexity index is 620. The summed E-state index contributed by atoms with van der Waals surface area (Å²) in [7, 11) is 0. The minimum atomic E-state index is -0.0949. The van der Waals surface area contributed by atoms with Crippen LogP contribution in [0.4, 0.5) is 5.69 Å². The predicted octanol–water partition coefficient (Wildman–Crippen LogP) is 4.28. The van der Waals surface area contributed by atoms with Crippen molar-refractivity contribution < 1.29 is 4.79 Å². The molecule has 0 atom stereocenters. The minimum absolute atomic E-state index is 0.0949. The van der Waals surface area contributed by atoms with E-state index in [1.165, 1.54) is 0 Å². The molecule has 98 valence electrons. The number of carbonyl (C=O) groups is 1. The lowest BCUT2D eigenvalue weighted by Crippen LogP contribution is -2.08. The summed E-state index contributed by atoms with van der Waals surface area (Å²) >= 11 is 5.91. The number of benzene rings is 2. The van der Waals surface area contributed by atoms with E-state index in [0.29, 0.717) is 21.8 Å². The van der Waals surface area contributed by atoms with Gasteiger partial charge >= 0.3 is 0 Å². The van der Waals surface area contributed by atoms with Crippen LogP contribution in [0.2, 0.25) is 5.02 Å². The molecule has 0 aliphatic heterocycles. The summed E-state index contributed by atoms with van der Waals surface area (Å²) in [5.74, 6) is 0.189. The second kappa shape index (κ2) is 5.45. The molecule has 0 spiro atoms. The topological polar surface area (TPSA) is 43.1 Å². The summed E-state index contributed by atoms with van der Waals surface area (Å²) in [6, 6.07) is 12.5. The zero-order valence-electron chi connectivity index (χ0n) is 11.0. The fourth-order valence-electron chi connectivity index (χ4n) is 2.07. The Kier molecular flexibility index (Phi) is 3.91. The lowest BCUT2D eigenvalue weighted by Gasteiger charge is -2.13. The van der Waals surface area contributed by atoms with Crippen molar-refractivity contribution in [3.8, 4) is 0 Å². The molecule has 2 aromatic rings. The van der Waals surface area contributed by atoms with Crippen LogP contribution in [0.15, 0.2) is 42.5 Å². The smallest absolute Gasteiger partial charge is 0.195 e. The van der Waals surface area contributed by atoms with Crippen LogP contribution in [0.25, 0.3) is 0 Å². The Morgan fingerprint density at radius 3 is 2.47 bits per heavy atom. The molecule has 0 unspecified atom stereocenters. The third-order valence-corrected chi connectivity index (χ3v) is 3.33. The molecule has 0 fully saturated rings. The van der Waals surface area contributed by atoms with E-state index >= 15 is 0 Å². The van der Waals surface area contributed by atoms with Gasteiger partial charge in [0.15, 0.2) is 5.78 Å². The van der Waals surface area contributed by atoms with Crippen LogP contribution in [0.3, 0.4) is 0 Å². The van der Waals surface area contributed by atoms with Crippen molar-refractivity contribution in [2.45, 2.75) is 19.8 Å². The normalized spacial score (nSPS) is 10.7. The standard InChI is InChI=1S/C16H16ClNO/c1-10(2)13-7-4-8-14(15(13)18)16(19)11-5-3-6-12(17)9-11/h3-10H,18H2,1-2H3. The van der Waals surface area contributed by atoms with Crippen LogP contribution in [-0.2, 0) is 0 Å². The van der Waals surface area contributed by atoms with Crippen molar-refractivity contribution in [1.82, 2.24) is 0 Å². The lowest BCUT2D eigenvalue weighted by atomic mass is 9.94. The van der Waals surface area contributed by atoms with Gasteiger partial charge in [0.2, 0.25) is 0 Å². The number of ketones is 1.